The van der Waals surface area contributed by atoms with Gasteiger partial charge in [0.15, 0.2) is 11.6 Å². The highest BCUT2D eigenvalue weighted by Gasteiger charge is 2.25. The summed E-state index contributed by atoms with van der Waals surface area (Å²) >= 11 is 0. The van der Waals surface area contributed by atoms with Crippen LogP contribution in [0.5, 0.6) is 0 Å². The molecule has 2 aromatic carbocycles. The lowest BCUT2D eigenvalue weighted by atomic mass is 9.89. The van der Waals surface area contributed by atoms with Crippen LogP contribution >= 0.6 is 0 Å². The summed E-state index contributed by atoms with van der Waals surface area (Å²) in [7, 11) is 0. The fraction of sp³-hybridized carbons (Fsp3) is 0.429. The van der Waals surface area contributed by atoms with Gasteiger partial charge in [0.25, 0.3) is 0 Å². The first-order chi connectivity index (χ1) is 15.5. The molecule has 4 heteroatoms. The van der Waals surface area contributed by atoms with Crippen LogP contribution in [-0.4, -0.2) is 40.7 Å². The molecule has 32 heavy (non-hydrogen) atoms. The van der Waals surface area contributed by atoms with E-state index in [0.717, 1.165) is 67.5 Å². The number of aromatic nitrogens is 1. The third-order valence-corrected chi connectivity index (χ3v) is 6.57. The van der Waals surface area contributed by atoms with Crippen LogP contribution in [0.15, 0.2) is 60.8 Å². The number of ketones is 2. The number of carbonyl (C=O) groups is 2. The van der Waals surface area contributed by atoms with E-state index in [-0.39, 0.29) is 11.7 Å². The lowest BCUT2D eigenvalue weighted by molar-refractivity contribution is 0.0838. The van der Waals surface area contributed by atoms with Gasteiger partial charge >= 0.3 is 0 Å². The highest BCUT2D eigenvalue weighted by atomic mass is 16.1. The van der Waals surface area contributed by atoms with Crippen LogP contribution in [-0.2, 0) is 6.54 Å². The van der Waals surface area contributed by atoms with Crippen LogP contribution in [0.3, 0.4) is 0 Å². The van der Waals surface area contributed by atoms with Gasteiger partial charge in [0.1, 0.15) is 0 Å². The van der Waals surface area contributed by atoms with E-state index in [9.17, 15) is 9.59 Å². The Morgan fingerprint density at radius 1 is 0.938 bits per heavy atom. The number of para-hydroxylation sites is 1. The molecule has 1 aromatic heterocycles. The van der Waals surface area contributed by atoms with Gasteiger partial charge in [-0.05, 0) is 50.9 Å². The number of hydrogen-bond donors (Lipinski definition) is 0. The molecular formula is C28H34N2O2. The van der Waals surface area contributed by atoms with Crippen LogP contribution in [0.1, 0.15) is 60.2 Å². The number of likely N-dealkylation sites (tertiary alicyclic amines) is 1. The number of aryl methyl sites for hydroxylation is 1. The zero-order chi connectivity index (χ0) is 22.5. The summed E-state index contributed by atoms with van der Waals surface area (Å²) in [4.78, 5) is 27.9. The molecule has 4 nitrogen and oxygen atoms in total. The fourth-order valence-electron chi connectivity index (χ4n) is 4.86. The molecule has 0 bridgehead atoms. The van der Waals surface area contributed by atoms with Crippen molar-refractivity contribution in [3.05, 3.63) is 71.9 Å². The van der Waals surface area contributed by atoms with Gasteiger partial charge in [0.2, 0.25) is 0 Å². The summed E-state index contributed by atoms with van der Waals surface area (Å²) in [6, 6.07) is 17.9. The number of fused-ring (bicyclic) bond motifs is 1. The first-order valence-corrected chi connectivity index (χ1v) is 12.0. The molecule has 0 aliphatic carbocycles. The summed E-state index contributed by atoms with van der Waals surface area (Å²) in [5, 5.41) is 1.07. The van der Waals surface area contributed by atoms with E-state index in [1.165, 1.54) is 0 Å². The fourth-order valence-corrected chi connectivity index (χ4v) is 4.86. The lowest BCUT2D eigenvalue weighted by Crippen LogP contribution is -2.37. The SMILES string of the molecule is CC(C)CC(=O)c1cn(CCCN2CCC(C(=O)c3ccccc3)CC2)c2ccccc12. The van der Waals surface area contributed by atoms with Crippen molar-refractivity contribution >= 4 is 22.5 Å². The molecule has 0 radical (unpaired) electrons. The average Bonchev–Trinajstić information content (AvgIpc) is 3.18. The number of nitrogens with zero attached hydrogens (tertiary/aromatic N) is 2. The monoisotopic (exact) mass is 430 g/mol. The van der Waals surface area contributed by atoms with Crippen molar-refractivity contribution in [3.63, 3.8) is 0 Å². The summed E-state index contributed by atoms with van der Waals surface area (Å²) in [6.45, 7) is 8.06. The standard InChI is InChI=1S/C28H34N2O2/c1-21(2)19-27(31)25-20-30(26-12-7-6-11-24(25)26)16-8-15-29-17-13-23(14-18-29)28(32)22-9-4-3-5-10-22/h3-7,9-12,20-21,23H,8,13-19H2,1-2H3. The molecule has 1 aliphatic heterocycles. The van der Waals surface area contributed by atoms with Gasteiger partial charge in [0, 0.05) is 47.1 Å². The first-order valence-electron chi connectivity index (χ1n) is 12.0. The predicted molar refractivity (Wildman–Crippen MR) is 130 cm³/mol. The molecule has 0 amide bonds. The Labute approximate surface area is 191 Å². The minimum absolute atomic E-state index is 0.150. The molecule has 1 saturated heterocycles. The van der Waals surface area contributed by atoms with E-state index >= 15 is 0 Å². The molecule has 0 unspecified atom stereocenters. The summed E-state index contributed by atoms with van der Waals surface area (Å²) in [6.07, 6.45) is 5.56. The highest BCUT2D eigenvalue weighted by molar-refractivity contribution is 6.08. The van der Waals surface area contributed by atoms with Crippen molar-refractivity contribution in [2.45, 2.75) is 46.1 Å². The first kappa shape index (κ1) is 22.5. The van der Waals surface area contributed by atoms with Crippen LogP contribution in [0.4, 0.5) is 0 Å². The molecular weight excluding hydrogens is 396 g/mol. The van der Waals surface area contributed by atoms with Gasteiger partial charge in [-0.1, -0.05) is 62.4 Å². The molecule has 168 valence electrons. The number of rotatable bonds is 9. The van der Waals surface area contributed by atoms with Gasteiger partial charge in [-0.2, -0.15) is 0 Å². The van der Waals surface area contributed by atoms with Crippen LogP contribution in [0, 0.1) is 11.8 Å². The van der Waals surface area contributed by atoms with E-state index in [4.69, 9.17) is 0 Å². The van der Waals surface area contributed by atoms with E-state index in [2.05, 4.69) is 41.6 Å². The quantitative estimate of drug-likeness (QED) is 0.400. The number of benzene rings is 2. The normalized spacial score (nSPS) is 15.5. The Hall–Kier alpha value is -2.72. The third kappa shape index (κ3) is 5.18. The summed E-state index contributed by atoms with van der Waals surface area (Å²) < 4.78 is 2.24. The Balaban J connectivity index is 1.32. The van der Waals surface area contributed by atoms with Gasteiger partial charge in [-0.25, -0.2) is 0 Å². The Kier molecular flexibility index (Phi) is 7.21. The Morgan fingerprint density at radius 3 is 2.34 bits per heavy atom. The van der Waals surface area contributed by atoms with Crippen LogP contribution < -0.4 is 0 Å². The minimum atomic E-state index is 0.150. The number of Topliss-reactive ketones (excluding diaryl/α,β-unsaturated/α-hetero) is 2. The van der Waals surface area contributed by atoms with Crippen molar-refractivity contribution in [1.82, 2.24) is 9.47 Å². The smallest absolute Gasteiger partial charge is 0.166 e. The van der Waals surface area contributed by atoms with Gasteiger partial charge in [-0.3, -0.25) is 9.59 Å². The van der Waals surface area contributed by atoms with Gasteiger partial charge < -0.3 is 9.47 Å². The van der Waals surface area contributed by atoms with Crippen molar-refractivity contribution in [2.75, 3.05) is 19.6 Å². The van der Waals surface area contributed by atoms with Crippen molar-refractivity contribution in [1.29, 1.82) is 0 Å². The average molecular weight is 431 g/mol. The zero-order valence-electron chi connectivity index (χ0n) is 19.3. The zero-order valence-corrected chi connectivity index (χ0v) is 19.3. The van der Waals surface area contributed by atoms with Crippen LogP contribution in [0.25, 0.3) is 10.9 Å². The van der Waals surface area contributed by atoms with E-state index in [0.29, 0.717) is 18.1 Å². The van der Waals surface area contributed by atoms with Crippen molar-refractivity contribution in [2.24, 2.45) is 11.8 Å². The van der Waals surface area contributed by atoms with Crippen molar-refractivity contribution < 1.29 is 9.59 Å². The van der Waals surface area contributed by atoms with E-state index in [1.54, 1.807) is 0 Å². The Morgan fingerprint density at radius 2 is 1.62 bits per heavy atom. The lowest BCUT2D eigenvalue weighted by Gasteiger charge is -2.31. The van der Waals surface area contributed by atoms with E-state index in [1.807, 2.05) is 42.5 Å². The summed E-state index contributed by atoms with van der Waals surface area (Å²) in [5.74, 6) is 1.04. The predicted octanol–water partition coefficient (Wildman–Crippen LogP) is 5.86. The minimum Gasteiger partial charge on any atom is -0.347 e. The molecule has 1 fully saturated rings. The second-order valence-corrected chi connectivity index (χ2v) is 9.47. The third-order valence-electron chi connectivity index (χ3n) is 6.57. The molecule has 0 saturated carbocycles. The highest BCUT2D eigenvalue weighted by Crippen LogP contribution is 2.25. The molecule has 0 atom stereocenters. The molecule has 0 N–H and O–H groups in total. The largest absolute Gasteiger partial charge is 0.347 e. The van der Waals surface area contributed by atoms with Crippen LogP contribution in [0.2, 0.25) is 0 Å². The molecule has 2 heterocycles. The maximum atomic E-state index is 12.7. The summed E-state index contributed by atoms with van der Waals surface area (Å²) in [5.41, 5.74) is 2.84. The topological polar surface area (TPSA) is 42.3 Å². The number of carbonyl (C=O) groups excluding carboxylic acids is 2. The van der Waals surface area contributed by atoms with Gasteiger partial charge in [0.05, 0.1) is 0 Å². The Bertz CT molecular complexity index is 1060. The van der Waals surface area contributed by atoms with Crippen molar-refractivity contribution in [3.8, 4) is 0 Å². The number of piperidine rings is 1. The maximum Gasteiger partial charge on any atom is 0.166 e. The molecule has 4 rings (SSSR count). The van der Waals surface area contributed by atoms with E-state index < -0.39 is 0 Å². The second kappa shape index (κ2) is 10.3. The maximum absolute atomic E-state index is 12.7. The second-order valence-electron chi connectivity index (χ2n) is 9.47. The number of hydrogen-bond acceptors (Lipinski definition) is 3. The molecule has 1 aliphatic rings. The molecule has 0 spiro atoms. The molecule has 3 aromatic rings. The van der Waals surface area contributed by atoms with Gasteiger partial charge in [-0.15, -0.1) is 0 Å².